The van der Waals surface area contributed by atoms with E-state index in [2.05, 4.69) is 17.2 Å². The third-order valence-corrected chi connectivity index (χ3v) is 6.60. The SMILES string of the molecule is CCCCCCCCCCCCCCCCOCCCNc1nc(=O)n(CCOCP(=O)(O)O)cc1F. The van der Waals surface area contributed by atoms with E-state index >= 15 is 0 Å². The molecule has 0 spiro atoms. The van der Waals surface area contributed by atoms with Gasteiger partial charge in [-0.05, 0) is 12.8 Å². The number of hydrogen-bond donors (Lipinski definition) is 3. The molecule has 37 heavy (non-hydrogen) atoms. The van der Waals surface area contributed by atoms with Crippen LogP contribution >= 0.6 is 7.60 Å². The lowest BCUT2D eigenvalue weighted by Crippen LogP contribution is -2.27. The first-order valence-corrected chi connectivity index (χ1v) is 15.8. The first kappa shape index (κ1) is 33.7. The predicted octanol–water partition coefficient (Wildman–Crippen LogP) is 5.83. The van der Waals surface area contributed by atoms with Crippen LogP contribution in [0.5, 0.6) is 0 Å². The Labute approximate surface area is 221 Å². The fraction of sp³-hybridized carbons (Fsp3) is 0.846. The molecule has 0 saturated carbocycles. The normalized spacial score (nSPS) is 11.8. The van der Waals surface area contributed by atoms with Gasteiger partial charge in [-0.1, -0.05) is 90.4 Å². The van der Waals surface area contributed by atoms with E-state index < -0.39 is 25.5 Å². The molecule has 1 aromatic rings. The van der Waals surface area contributed by atoms with E-state index in [-0.39, 0.29) is 19.0 Å². The molecule has 0 unspecified atom stereocenters. The van der Waals surface area contributed by atoms with Crippen molar-refractivity contribution in [3.8, 4) is 0 Å². The summed E-state index contributed by atoms with van der Waals surface area (Å²) in [6, 6.07) is 0. The van der Waals surface area contributed by atoms with Crippen molar-refractivity contribution >= 4 is 13.4 Å². The minimum atomic E-state index is -4.27. The van der Waals surface area contributed by atoms with Gasteiger partial charge in [0.1, 0.15) is 6.35 Å². The van der Waals surface area contributed by atoms with E-state index in [9.17, 15) is 13.8 Å². The fourth-order valence-corrected chi connectivity index (χ4v) is 4.35. The molecule has 0 aliphatic rings. The molecule has 0 saturated heterocycles. The number of ether oxygens (including phenoxy) is 2. The largest absolute Gasteiger partial charge is 0.381 e. The fourth-order valence-electron chi connectivity index (χ4n) is 3.98. The zero-order chi connectivity index (χ0) is 27.2. The standard InChI is InChI=1S/C26H49FN3O6P/c1-2-3-4-5-6-7-8-9-10-11-12-13-14-15-19-35-20-16-17-28-25-24(27)22-30(26(31)29-25)18-21-36-23-37(32,33)34/h22H,2-21,23H2,1H3,(H,28,29,31)(H2,32,33,34). The van der Waals surface area contributed by atoms with Gasteiger partial charge in [-0.15, -0.1) is 0 Å². The van der Waals surface area contributed by atoms with E-state index in [0.717, 1.165) is 23.8 Å². The van der Waals surface area contributed by atoms with Gasteiger partial charge < -0.3 is 24.6 Å². The lowest BCUT2D eigenvalue weighted by molar-refractivity contribution is 0.129. The first-order valence-electron chi connectivity index (χ1n) is 14.0. The number of rotatable bonds is 25. The van der Waals surface area contributed by atoms with Crippen LogP contribution in [-0.4, -0.2) is 52.1 Å². The lowest BCUT2D eigenvalue weighted by Gasteiger charge is -2.10. The Hall–Kier alpha value is -1.32. The van der Waals surface area contributed by atoms with Crippen LogP contribution in [0, 0.1) is 5.82 Å². The number of unbranched alkanes of at least 4 members (excludes halogenated alkanes) is 13. The van der Waals surface area contributed by atoms with Gasteiger partial charge in [-0.25, -0.2) is 9.18 Å². The summed E-state index contributed by atoms with van der Waals surface area (Å²) in [5, 5.41) is 2.81. The van der Waals surface area contributed by atoms with Crippen LogP contribution in [0.2, 0.25) is 0 Å². The maximum Gasteiger partial charge on any atom is 0.350 e. The Morgan fingerprint density at radius 1 is 0.865 bits per heavy atom. The Balaban J connectivity index is 1.96. The van der Waals surface area contributed by atoms with Crippen LogP contribution in [0.15, 0.2) is 11.0 Å². The average Bonchev–Trinajstić information content (AvgIpc) is 2.85. The van der Waals surface area contributed by atoms with Crippen LogP contribution < -0.4 is 11.0 Å². The maximum absolute atomic E-state index is 14.2. The summed E-state index contributed by atoms with van der Waals surface area (Å²) in [6.07, 6.45) is 19.5. The predicted molar refractivity (Wildman–Crippen MR) is 146 cm³/mol. The van der Waals surface area contributed by atoms with Crippen molar-refractivity contribution in [1.82, 2.24) is 9.55 Å². The second-order valence-electron chi connectivity index (χ2n) is 9.60. The summed E-state index contributed by atoms with van der Waals surface area (Å²) in [7, 11) is -4.27. The van der Waals surface area contributed by atoms with Crippen LogP contribution in [0.3, 0.4) is 0 Å². The topological polar surface area (TPSA) is 123 Å². The van der Waals surface area contributed by atoms with Crippen LogP contribution in [0.25, 0.3) is 0 Å². The Morgan fingerprint density at radius 3 is 1.97 bits per heavy atom. The van der Waals surface area contributed by atoms with Crippen LogP contribution in [0.4, 0.5) is 10.2 Å². The van der Waals surface area contributed by atoms with Gasteiger partial charge in [0, 0.05) is 26.0 Å². The van der Waals surface area contributed by atoms with Crippen LogP contribution in [-0.2, 0) is 20.6 Å². The monoisotopic (exact) mass is 549 g/mol. The Kier molecular flexibility index (Phi) is 19.7. The van der Waals surface area contributed by atoms with E-state index in [1.807, 2.05) is 0 Å². The maximum atomic E-state index is 14.2. The second-order valence-corrected chi connectivity index (χ2v) is 11.2. The van der Waals surface area contributed by atoms with Gasteiger partial charge in [0.05, 0.1) is 13.2 Å². The molecule has 1 aromatic heterocycles. The number of halogens is 1. The van der Waals surface area contributed by atoms with Gasteiger partial charge in [-0.3, -0.25) is 9.13 Å². The molecule has 0 amide bonds. The van der Waals surface area contributed by atoms with Crippen molar-refractivity contribution in [2.75, 3.05) is 38.0 Å². The molecule has 11 heteroatoms. The third-order valence-electron chi connectivity index (χ3n) is 6.08. The summed E-state index contributed by atoms with van der Waals surface area (Å²) in [6.45, 7) is 3.77. The molecular formula is C26H49FN3O6P. The highest BCUT2D eigenvalue weighted by Gasteiger charge is 2.13. The molecule has 0 aliphatic carbocycles. The van der Waals surface area contributed by atoms with Crippen molar-refractivity contribution in [3.05, 3.63) is 22.5 Å². The molecule has 0 fully saturated rings. The molecular weight excluding hydrogens is 500 g/mol. The first-order chi connectivity index (χ1) is 17.8. The molecule has 0 radical (unpaired) electrons. The van der Waals surface area contributed by atoms with Crippen molar-refractivity contribution in [1.29, 1.82) is 0 Å². The van der Waals surface area contributed by atoms with E-state index in [0.29, 0.717) is 19.6 Å². The van der Waals surface area contributed by atoms with Gasteiger partial charge in [0.15, 0.2) is 11.6 Å². The molecule has 9 nitrogen and oxygen atoms in total. The average molecular weight is 550 g/mol. The quantitative estimate of drug-likeness (QED) is 0.103. The van der Waals surface area contributed by atoms with Crippen LogP contribution in [0.1, 0.15) is 103 Å². The molecule has 3 N–H and O–H groups in total. The van der Waals surface area contributed by atoms with E-state index in [1.165, 1.54) is 83.5 Å². The molecule has 0 aromatic carbocycles. The highest BCUT2D eigenvalue weighted by atomic mass is 31.2. The smallest absolute Gasteiger partial charge is 0.350 e. The highest BCUT2D eigenvalue weighted by Crippen LogP contribution is 2.33. The van der Waals surface area contributed by atoms with Crippen molar-refractivity contribution in [2.45, 2.75) is 110 Å². The Bertz CT molecular complexity index is 805. The molecule has 216 valence electrons. The summed E-state index contributed by atoms with van der Waals surface area (Å²) >= 11 is 0. The van der Waals surface area contributed by atoms with E-state index in [4.69, 9.17) is 19.3 Å². The zero-order valence-corrected chi connectivity index (χ0v) is 23.6. The Morgan fingerprint density at radius 2 is 1.41 bits per heavy atom. The minimum Gasteiger partial charge on any atom is -0.381 e. The van der Waals surface area contributed by atoms with Gasteiger partial charge in [0.25, 0.3) is 0 Å². The lowest BCUT2D eigenvalue weighted by atomic mass is 10.0. The number of aromatic nitrogens is 2. The van der Waals surface area contributed by atoms with Gasteiger partial charge in [-0.2, -0.15) is 4.98 Å². The summed E-state index contributed by atoms with van der Waals surface area (Å²) < 4.78 is 36.3. The minimum absolute atomic E-state index is 0.0594. The number of nitrogens with one attached hydrogen (secondary N) is 1. The molecule has 1 heterocycles. The van der Waals surface area contributed by atoms with Crippen molar-refractivity contribution in [2.24, 2.45) is 0 Å². The van der Waals surface area contributed by atoms with Crippen molar-refractivity contribution in [3.63, 3.8) is 0 Å². The summed E-state index contributed by atoms with van der Waals surface area (Å²) in [5.41, 5.74) is -0.669. The molecule has 0 atom stereocenters. The molecule has 0 aliphatic heterocycles. The highest BCUT2D eigenvalue weighted by molar-refractivity contribution is 7.51. The number of hydrogen-bond acceptors (Lipinski definition) is 6. The number of anilines is 1. The number of nitrogens with zero attached hydrogens (tertiary/aromatic N) is 2. The van der Waals surface area contributed by atoms with E-state index in [1.54, 1.807) is 0 Å². The molecule has 1 rings (SSSR count). The third kappa shape index (κ3) is 19.4. The van der Waals surface area contributed by atoms with Crippen molar-refractivity contribution < 1.29 is 28.2 Å². The summed E-state index contributed by atoms with van der Waals surface area (Å²) in [5.74, 6) is -0.803. The van der Waals surface area contributed by atoms with Gasteiger partial charge in [0.2, 0.25) is 0 Å². The second kappa shape index (κ2) is 21.6. The molecule has 0 bridgehead atoms. The zero-order valence-electron chi connectivity index (χ0n) is 22.7. The summed E-state index contributed by atoms with van der Waals surface area (Å²) in [4.78, 5) is 33.1. The van der Waals surface area contributed by atoms with Gasteiger partial charge >= 0.3 is 13.3 Å².